The second-order valence-corrected chi connectivity index (χ2v) is 4.64. The number of para-hydroxylation sites is 1. The third-order valence-corrected chi connectivity index (χ3v) is 3.30. The quantitative estimate of drug-likeness (QED) is 0.667. The third-order valence-electron chi connectivity index (χ3n) is 2.62. The minimum atomic E-state index is -0.449. The summed E-state index contributed by atoms with van der Waals surface area (Å²) in [6.45, 7) is 0.236. The Balaban J connectivity index is 2.25. The van der Waals surface area contributed by atoms with Crippen molar-refractivity contribution in [1.82, 2.24) is 0 Å². The van der Waals surface area contributed by atoms with E-state index in [1.54, 1.807) is 24.3 Å². The molecule has 0 amide bonds. The van der Waals surface area contributed by atoms with E-state index < -0.39 is 4.92 Å². The molecule has 2 aromatic rings. The molecule has 0 spiro atoms. The number of nitro groups is 1. The van der Waals surface area contributed by atoms with Crippen molar-refractivity contribution in [3.05, 3.63) is 68.2 Å². The van der Waals surface area contributed by atoms with E-state index in [4.69, 9.17) is 23.2 Å². The molecule has 0 saturated carbocycles. The summed E-state index contributed by atoms with van der Waals surface area (Å²) in [5.41, 5.74) is 1.14. The highest BCUT2D eigenvalue weighted by molar-refractivity contribution is 6.33. The van der Waals surface area contributed by atoms with Gasteiger partial charge in [0.05, 0.1) is 26.2 Å². The maximum absolute atomic E-state index is 10.9. The molecule has 4 nitrogen and oxygen atoms in total. The van der Waals surface area contributed by atoms with Crippen LogP contribution in [-0.2, 0) is 6.54 Å². The summed E-state index contributed by atoms with van der Waals surface area (Å²) < 4.78 is 0. The lowest BCUT2D eigenvalue weighted by Gasteiger charge is -2.09. The molecule has 6 heteroatoms. The van der Waals surface area contributed by atoms with Crippen molar-refractivity contribution < 1.29 is 4.92 Å². The number of halogens is 2. The minimum absolute atomic E-state index is 0.00736. The van der Waals surface area contributed by atoms with E-state index in [0.717, 1.165) is 0 Å². The van der Waals surface area contributed by atoms with Gasteiger partial charge in [-0.3, -0.25) is 10.1 Å². The molecule has 0 saturated heterocycles. The van der Waals surface area contributed by atoms with E-state index in [-0.39, 0.29) is 12.2 Å². The second kappa shape index (κ2) is 5.91. The summed E-state index contributed by atoms with van der Waals surface area (Å²) in [7, 11) is 0. The Kier molecular flexibility index (Phi) is 4.24. The number of hydrogen-bond donors (Lipinski definition) is 1. The molecule has 0 heterocycles. The number of nitro benzene ring substituents is 1. The first-order valence-electron chi connectivity index (χ1n) is 5.50. The summed E-state index contributed by atoms with van der Waals surface area (Å²) in [4.78, 5) is 10.5. The van der Waals surface area contributed by atoms with E-state index in [0.29, 0.717) is 21.3 Å². The molecule has 0 atom stereocenters. The summed E-state index contributed by atoms with van der Waals surface area (Å²) in [6, 6.07) is 11.8. The molecule has 0 bridgehead atoms. The maximum atomic E-state index is 10.9. The van der Waals surface area contributed by atoms with Gasteiger partial charge in [0.2, 0.25) is 0 Å². The Morgan fingerprint density at radius 2 is 1.74 bits per heavy atom. The van der Waals surface area contributed by atoms with Crippen molar-refractivity contribution in [1.29, 1.82) is 0 Å². The number of nitrogens with one attached hydrogen (secondary N) is 1. The van der Waals surface area contributed by atoms with Crippen LogP contribution in [0.15, 0.2) is 42.5 Å². The second-order valence-electron chi connectivity index (χ2n) is 3.83. The van der Waals surface area contributed by atoms with Gasteiger partial charge in [-0.25, -0.2) is 0 Å². The average Bonchev–Trinajstić information content (AvgIpc) is 2.38. The molecule has 0 unspecified atom stereocenters. The van der Waals surface area contributed by atoms with Crippen molar-refractivity contribution in [2.45, 2.75) is 6.54 Å². The molecule has 0 aliphatic carbocycles. The predicted octanol–water partition coefficient (Wildman–Crippen LogP) is 4.51. The van der Waals surface area contributed by atoms with Gasteiger partial charge in [-0.15, -0.1) is 0 Å². The average molecular weight is 297 g/mol. The molecule has 19 heavy (non-hydrogen) atoms. The van der Waals surface area contributed by atoms with Gasteiger partial charge in [-0.05, 0) is 18.2 Å². The van der Waals surface area contributed by atoms with Gasteiger partial charge in [-0.2, -0.15) is 0 Å². The first-order chi connectivity index (χ1) is 9.09. The van der Waals surface area contributed by atoms with Gasteiger partial charge in [0.25, 0.3) is 5.69 Å². The largest absolute Gasteiger partial charge is 0.379 e. The van der Waals surface area contributed by atoms with E-state index in [1.165, 1.54) is 6.07 Å². The van der Waals surface area contributed by atoms with E-state index in [9.17, 15) is 10.1 Å². The summed E-state index contributed by atoms with van der Waals surface area (Å²) >= 11 is 12.0. The first-order valence-corrected chi connectivity index (χ1v) is 6.25. The van der Waals surface area contributed by atoms with Gasteiger partial charge >= 0.3 is 0 Å². The van der Waals surface area contributed by atoms with Crippen LogP contribution in [0.25, 0.3) is 0 Å². The zero-order chi connectivity index (χ0) is 13.8. The molecular formula is C13H10Cl2N2O2. The lowest BCUT2D eigenvalue weighted by molar-refractivity contribution is -0.385. The van der Waals surface area contributed by atoms with Crippen LogP contribution in [0.1, 0.15) is 5.56 Å². The Morgan fingerprint density at radius 1 is 1.05 bits per heavy atom. The standard InChI is InChI=1S/C13H10Cl2N2O2/c14-10-5-3-7-13(17(18)19)9(10)8-16-12-6-2-1-4-11(12)15/h1-7,16H,8H2. The van der Waals surface area contributed by atoms with Crippen LogP contribution in [0.5, 0.6) is 0 Å². The van der Waals surface area contributed by atoms with Crippen LogP contribution < -0.4 is 5.32 Å². The van der Waals surface area contributed by atoms with Crippen LogP contribution in [0.2, 0.25) is 10.0 Å². The van der Waals surface area contributed by atoms with Gasteiger partial charge in [0, 0.05) is 12.6 Å². The Labute approximate surface area is 120 Å². The third kappa shape index (κ3) is 3.16. The van der Waals surface area contributed by atoms with Crippen LogP contribution in [0.3, 0.4) is 0 Å². The van der Waals surface area contributed by atoms with Crippen LogP contribution in [0, 0.1) is 10.1 Å². The lowest BCUT2D eigenvalue weighted by Crippen LogP contribution is -2.04. The van der Waals surface area contributed by atoms with Gasteiger partial charge < -0.3 is 5.32 Å². The highest BCUT2D eigenvalue weighted by Gasteiger charge is 2.16. The normalized spacial score (nSPS) is 10.2. The Bertz CT molecular complexity index is 617. The van der Waals surface area contributed by atoms with Crippen molar-refractivity contribution in [2.24, 2.45) is 0 Å². The zero-order valence-electron chi connectivity index (χ0n) is 9.77. The molecule has 1 N–H and O–H groups in total. The monoisotopic (exact) mass is 296 g/mol. The summed E-state index contributed by atoms with van der Waals surface area (Å²) in [6.07, 6.45) is 0. The number of rotatable bonds is 4. The fraction of sp³-hybridized carbons (Fsp3) is 0.0769. The first kappa shape index (κ1) is 13.6. The smallest absolute Gasteiger partial charge is 0.275 e. The summed E-state index contributed by atoms with van der Waals surface area (Å²) in [5.74, 6) is 0. The van der Waals surface area contributed by atoms with E-state index >= 15 is 0 Å². The highest BCUT2D eigenvalue weighted by atomic mass is 35.5. The molecular weight excluding hydrogens is 287 g/mol. The zero-order valence-corrected chi connectivity index (χ0v) is 11.3. The van der Waals surface area contributed by atoms with Crippen molar-refractivity contribution >= 4 is 34.6 Å². The number of hydrogen-bond acceptors (Lipinski definition) is 3. The highest BCUT2D eigenvalue weighted by Crippen LogP contribution is 2.28. The van der Waals surface area contributed by atoms with E-state index in [2.05, 4.69) is 5.32 Å². The molecule has 2 rings (SSSR count). The number of benzene rings is 2. The fourth-order valence-corrected chi connectivity index (χ4v) is 2.12. The Hall–Kier alpha value is -1.78. The van der Waals surface area contributed by atoms with Gasteiger partial charge in [0.1, 0.15) is 0 Å². The van der Waals surface area contributed by atoms with Crippen molar-refractivity contribution in [3.63, 3.8) is 0 Å². The SMILES string of the molecule is O=[N+]([O-])c1cccc(Cl)c1CNc1ccccc1Cl. The number of anilines is 1. The van der Waals surface area contributed by atoms with Crippen molar-refractivity contribution in [3.8, 4) is 0 Å². The molecule has 2 aromatic carbocycles. The molecule has 0 fully saturated rings. The van der Waals surface area contributed by atoms with Gasteiger partial charge in [-0.1, -0.05) is 41.4 Å². The van der Waals surface area contributed by atoms with Crippen LogP contribution >= 0.6 is 23.2 Å². The minimum Gasteiger partial charge on any atom is -0.379 e. The summed E-state index contributed by atoms with van der Waals surface area (Å²) in [5, 5.41) is 14.9. The van der Waals surface area contributed by atoms with Crippen molar-refractivity contribution in [2.75, 3.05) is 5.32 Å². The van der Waals surface area contributed by atoms with E-state index in [1.807, 2.05) is 12.1 Å². The predicted molar refractivity (Wildman–Crippen MR) is 76.9 cm³/mol. The lowest BCUT2D eigenvalue weighted by atomic mass is 10.1. The topological polar surface area (TPSA) is 55.2 Å². The van der Waals surface area contributed by atoms with Gasteiger partial charge in [0.15, 0.2) is 0 Å². The molecule has 0 aliphatic heterocycles. The molecule has 0 aliphatic rings. The van der Waals surface area contributed by atoms with Crippen LogP contribution in [-0.4, -0.2) is 4.92 Å². The Morgan fingerprint density at radius 3 is 2.42 bits per heavy atom. The fourth-order valence-electron chi connectivity index (χ4n) is 1.68. The maximum Gasteiger partial charge on any atom is 0.275 e. The molecule has 0 aromatic heterocycles. The molecule has 98 valence electrons. The van der Waals surface area contributed by atoms with Crippen LogP contribution in [0.4, 0.5) is 11.4 Å². The number of nitrogens with zero attached hydrogens (tertiary/aromatic N) is 1. The molecule has 0 radical (unpaired) electrons.